The molecule has 2 rings (SSSR count). The van der Waals surface area contributed by atoms with Crippen LogP contribution in [0.15, 0.2) is 42.7 Å². The Bertz CT molecular complexity index is 717. The predicted octanol–water partition coefficient (Wildman–Crippen LogP) is 3.47. The number of aromatic nitrogens is 1. The van der Waals surface area contributed by atoms with E-state index in [2.05, 4.69) is 10.3 Å². The van der Waals surface area contributed by atoms with Crippen LogP contribution in [0.25, 0.3) is 0 Å². The molecule has 0 saturated heterocycles. The van der Waals surface area contributed by atoms with Gasteiger partial charge in [0.05, 0.1) is 10.7 Å². The lowest BCUT2D eigenvalue weighted by atomic mass is 10.1. The SMILES string of the molecule is CC(C)N(C)C(=O)c1ccc(Cl)c(NC(=O)c2ccncc2)c1. The maximum atomic E-state index is 12.4. The number of carbonyl (C=O) groups is 2. The highest BCUT2D eigenvalue weighted by Crippen LogP contribution is 2.24. The van der Waals surface area contributed by atoms with Crippen LogP contribution in [0.4, 0.5) is 5.69 Å². The summed E-state index contributed by atoms with van der Waals surface area (Å²) in [5.41, 5.74) is 1.33. The van der Waals surface area contributed by atoms with Gasteiger partial charge in [0, 0.05) is 36.6 Å². The van der Waals surface area contributed by atoms with Gasteiger partial charge < -0.3 is 10.2 Å². The van der Waals surface area contributed by atoms with Crippen LogP contribution in [0.3, 0.4) is 0 Å². The summed E-state index contributed by atoms with van der Waals surface area (Å²) in [7, 11) is 1.73. The summed E-state index contributed by atoms with van der Waals surface area (Å²) in [6, 6.07) is 8.11. The van der Waals surface area contributed by atoms with E-state index in [0.717, 1.165) is 0 Å². The average Bonchev–Trinajstić information content (AvgIpc) is 2.56. The Balaban J connectivity index is 2.24. The molecule has 0 spiro atoms. The number of halogens is 1. The Morgan fingerprint density at radius 2 is 1.78 bits per heavy atom. The molecule has 0 unspecified atom stereocenters. The van der Waals surface area contributed by atoms with Crippen molar-refractivity contribution in [2.24, 2.45) is 0 Å². The molecule has 23 heavy (non-hydrogen) atoms. The van der Waals surface area contributed by atoms with Crippen LogP contribution in [0.1, 0.15) is 34.6 Å². The predicted molar refractivity (Wildman–Crippen MR) is 90.9 cm³/mol. The molecule has 5 nitrogen and oxygen atoms in total. The fourth-order valence-corrected chi connectivity index (χ4v) is 2.05. The minimum absolute atomic E-state index is 0.0769. The van der Waals surface area contributed by atoms with Gasteiger partial charge in [-0.25, -0.2) is 0 Å². The summed E-state index contributed by atoms with van der Waals surface area (Å²) >= 11 is 6.12. The molecule has 2 amide bonds. The van der Waals surface area contributed by atoms with E-state index >= 15 is 0 Å². The second kappa shape index (κ2) is 7.24. The van der Waals surface area contributed by atoms with Crippen molar-refractivity contribution < 1.29 is 9.59 Å². The zero-order chi connectivity index (χ0) is 17.0. The van der Waals surface area contributed by atoms with E-state index < -0.39 is 0 Å². The van der Waals surface area contributed by atoms with E-state index in [1.807, 2.05) is 13.8 Å². The lowest BCUT2D eigenvalue weighted by Crippen LogP contribution is -2.33. The second-order valence-electron chi connectivity index (χ2n) is 5.39. The number of benzene rings is 1. The highest BCUT2D eigenvalue weighted by atomic mass is 35.5. The smallest absolute Gasteiger partial charge is 0.255 e. The molecule has 0 bridgehead atoms. The van der Waals surface area contributed by atoms with Crippen LogP contribution in [0.5, 0.6) is 0 Å². The van der Waals surface area contributed by atoms with Crippen molar-refractivity contribution in [1.82, 2.24) is 9.88 Å². The molecule has 1 aromatic carbocycles. The number of pyridine rings is 1. The number of rotatable bonds is 4. The van der Waals surface area contributed by atoms with Crippen LogP contribution in [-0.4, -0.2) is 34.8 Å². The third-order valence-corrected chi connectivity index (χ3v) is 3.83. The van der Waals surface area contributed by atoms with Crippen LogP contribution in [-0.2, 0) is 0 Å². The Hall–Kier alpha value is -2.40. The van der Waals surface area contributed by atoms with Crippen molar-refractivity contribution in [2.75, 3.05) is 12.4 Å². The summed E-state index contributed by atoms with van der Waals surface area (Å²) in [4.78, 5) is 30.1. The number of amides is 2. The number of hydrogen-bond acceptors (Lipinski definition) is 3. The van der Waals surface area contributed by atoms with Crippen LogP contribution >= 0.6 is 11.6 Å². The van der Waals surface area contributed by atoms with Crippen LogP contribution in [0.2, 0.25) is 5.02 Å². The number of carbonyl (C=O) groups excluding carboxylic acids is 2. The standard InChI is InChI=1S/C17H18ClN3O2/c1-11(2)21(3)17(23)13-4-5-14(18)15(10-13)20-16(22)12-6-8-19-9-7-12/h4-11H,1-3H3,(H,20,22). The minimum atomic E-state index is -0.309. The number of anilines is 1. The summed E-state index contributed by atoms with van der Waals surface area (Å²) in [6.07, 6.45) is 3.07. The Morgan fingerprint density at radius 3 is 2.39 bits per heavy atom. The molecule has 1 aromatic heterocycles. The first-order chi connectivity index (χ1) is 10.9. The van der Waals surface area contributed by atoms with Crippen molar-refractivity contribution >= 4 is 29.1 Å². The lowest BCUT2D eigenvalue weighted by molar-refractivity contribution is 0.0754. The number of nitrogens with zero attached hydrogens (tertiary/aromatic N) is 2. The number of hydrogen-bond donors (Lipinski definition) is 1. The van der Waals surface area contributed by atoms with E-state index in [9.17, 15) is 9.59 Å². The van der Waals surface area contributed by atoms with Gasteiger partial charge in [-0.15, -0.1) is 0 Å². The van der Waals surface area contributed by atoms with Gasteiger partial charge in [-0.2, -0.15) is 0 Å². The van der Waals surface area contributed by atoms with Gasteiger partial charge >= 0.3 is 0 Å². The monoisotopic (exact) mass is 331 g/mol. The topological polar surface area (TPSA) is 62.3 Å². The Morgan fingerprint density at radius 1 is 1.13 bits per heavy atom. The third kappa shape index (κ3) is 4.07. The van der Waals surface area contributed by atoms with Gasteiger partial charge in [-0.1, -0.05) is 11.6 Å². The van der Waals surface area contributed by atoms with Gasteiger partial charge in [0.15, 0.2) is 0 Å². The largest absolute Gasteiger partial charge is 0.339 e. The van der Waals surface area contributed by atoms with Crippen LogP contribution < -0.4 is 5.32 Å². The van der Waals surface area contributed by atoms with Crippen molar-refractivity contribution in [3.05, 3.63) is 58.9 Å². The van der Waals surface area contributed by atoms with Crippen molar-refractivity contribution in [3.8, 4) is 0 Å². The lowest BCUT2D eigenvalue weighted by Gasteiger charge is -2.22. The molecule has 0 aliphatic carbocycles. The first kappa shape index (κ1) is 17.0. The Kier molecular flexibility index (Phi) is 5.34. The molecular formula is C17H18ClN3O2. The molecule has 0 fully saturated rings. The normalized spacial score (nSPS) is 10.5. The van der Waals surface area contributed by atoms with E-state index in [1.54, 1.807) is 42.3 Å². The second-order valence-corrected chi connectivity index (χ2v) is 5.80. The first-order valence-electron chi connectivity index (χ1n) is 7.18. The summed E-state index contributed by atoms with van der Waals surface area (Å²) in [5, 5.41) is 3.09. The fourth-order valence-electron chi connectivity index (χ4n) is 1.89. The van der Waals surface area contributed by atoms with E-state index in [0.29, 0.717) is 21.8 Å². The first-order valence-corrected chi connectivity index (χ1v) is 7.56. The molecular weight excluding hydrogens is 314 g/mol. The molecule has 1 heterocycles. The summed E-state index contributed by atoms with van der Waals surface area (Å²) in [6.45, 7) is 3.86. The molecule has 0 aliphatic heterocycles. The molecule has 120 valence electrons. The third-order valence-electron chi connectivity index (χ3n) is 3.50. The summed E-state index contributed by atoms with van der Waals surface area (Å²) < 4.78 is 0. The molecule has 0 atom stereocenters. The maximum absolute atomic E-state index is 12.4. The van der Waals surface area contributed by atoms with Crippen molar-refractivity contribution in [3.63, 3.8) is 0 Å². The highest BCUT2D eigenvalue weighted by molar-refractivity contribution is 6.34. The highest BCUT2D eigenvalue weighted by Gasteiger charge is 2.16. The van der Waals surface area contributed by atoms with Gasteiger partial charge in [-0.05, 0) is 44.2 Å². The Labute approximate surface area is 140 Å². The molecule has 0 radical (unpaired) electrons. The van der Waals surface area contributed by atoms with Gasteiger partial charge in [0.2, 0.25) is 0 Å². The van der Waals surface area contributed by atoms with E-state index in [-0.39, 0.29) is 17.9 Å². The average molecular weight is 332 g/mol. The molecule has 0 saturated carbocycles. The van der Waals surface area contributed by atoms with Gasteiger partial charge in [0.1, 0.15) is 0 Å². The number of nitrogens with one attached hydrogen (secondary N) is 1. The zero-order valence-corrected chi connectivity index (χ0v) is 14.0. The van der Waals surface area contributed by atoms with Crippen molar-refractivity contribution in [2.45, 2.75) is 19.9 Å². The molecule has 6 heteroatoms. The maximum Gasteiger partial charge on any atom is 0.255 e. The van der Waals surface area contributed by atoms with E-state index in [4.69, 9.17) is 11.6 Å². The molecule has 0 aliphatic rings. The quantitative estimate of drug-likeness (QED) is 0.933. The fraction of sp³-hybridized carbons (Fsp3) is 0.235. The zero-order valence-electron chi connectivity index (χ0n) is 13.2. The minimum Gasteiger partial charge on any atom is -0.339 e. The van der Waals surface area contributed by atoms with E-state index in [1.165, 1.54) is 12.4 Å². The van der Waals surface area contributed by atoms with Gasteiger partial charge in [0.25, 0.3) is 11.8 Å². The van der Waals surface area contributed by atoms with Gasteiger partial charge in [-0.3, -0.25) is 14.6 Å². The van der Waals surface area contributed by atoms with Crippen molar-refractivity contribution in [1.29, 1.82) is 0 Å². The molecule has 2 aromatic rings. The molecule has 1 N–H and O–H groups in total. The van der Waals surface area contributed by atoms with Crippen LogP contribution in [0, 0.1) is 0 Å². The summed E-state index contributed by atoms with van der Waals surface area (Å²) in [5.74, 6) is -0.438.